The summed E-state index contributed by atoms with van der Waals surface area (Å²) < 4.78 is 13.6. The summed E-state index contributed by atoms with van der Waals surface area (Å²) in [7, 11) is 0. The molecule has 1 unspecified atom stereocenters. The highest BCUT2D eigenvalue weighted by atomic mass is 19.1. The number of hydrogen-bond acceptors (Lipinski definition) is 2. The Morgan fingerprint density at radius 3 is 2.86 bits per heavy atom. The van der Waals surface area contributed by atoms with E-state index in [0.717, 1.165) is 0 Å². The van der Waals surface area contributed by atoms with Gasteiger partial charge in [-0.05, 0) is 19.0 Å². The van der Waals surface area contributed by atoms with E-state index < -0.39 is 6.04 Å². The van der Waals surface area contributed by atoms with Gasteiger partial charge < -0.3 is 0 Å². The lowest BCUT2D eigenvalue weighted by Gasteiger charge is -2.11. The van der Waals surface area contributed by atoms with Crippen LogP contribution < -0.4 is 5.32 Å². The predicted molar refractivity (Wildman–Crippen MR) is 53.2 cm³/mol. The highest BCUT2D eigenvalue weighted by Crippen LogP contribution is 2.18. The second-order valence-corrected chi connectivity index (χ2v) is 3.10. The van der Waals surface area contributed by atoms with Gasteiger partial charge in [0, 0.05) is 5.56 Å². The van der Waals surface area contributed by atoms with Gasteiger partial charge in [-0.15, -0.1) is 0 Å². The van der Waals surface area contributed by atoms with Crippen molar-refractivity contribution in [2.24, 2.45) is 0 Å². The minimum atomic E-state index is -0.556. The first-order valence-corrected chi connectivity index (χ1v) is 4.58. The van der Waals surface area contributed by atoms with E-state index in [9.17, 15) is 4.39 Å². The van der Waals surface area contributed by atoms with Gasteiger partial charge in [-0.1, -0.05) is 25.1 Å². The molecule has 0 aliphatic rings. The molecule has 1 rings (SSSR count). The van der Waals surface area contributed by atoms with Crippen molar-refractivity contribution in [1.82, 2.24) is 5.32 Å². The van der Waals surface area contributed by atoms with Crippen LogP contribution in [0.2, 0.25) is 0 Å². The lowest BCUT2D eigenvalue weighted by atomic mass is 10.0. The van der Waals surface area contributed by atoms with E-state index in [-0.39, 0.29) is 5.82 Å². The maximum absolute atomic E-state index is 13.6. The van der Waals surface area contributed by atoms with Gasteiger partial charge in [-0.3, -0.25) is 5.32 Å². The van der Waals surface area contributed by atoms with Crippen molar-refractivity contribution in [1.29, 1.82) is 5.26 Å². The largest absolute Gasteiger partial charge is 0.298 e. The first-order chi connectivity index (χ1) is 6.70. The SMILES string of the molecule is CCNC(C#N)c1cccc(C)c1F. The molecule has 0 amide bonds. The molecule has 0 aliphatic carbocycles. The average Bonchev–Trinajstić information content (AvgIpc) is 2.19. The molecule has 74 valence electrons. The van der Waals surface area contributed by atoms with E-state index in [1.807, 2.05) is 13.0 Å². The van der Waals surface area contributed by atoms with Crippen LogP contribution in [0.4, 0.5) is 4.39 Å². The maximum Gasteiger partial charge on any atom is 0.131 e. The molecule has 0 saturated heterocycles. The number of nitrogens with zero attached hydrogens (tertiary/aromatic N) is 1. The van der Waals surface area contributed by atoms with E-state index in [1.165, 1.54) is 0 Å². The Hall–Kier alpha value is -1.40. The fourth-order valence-corrected chi connectivity index (χ4v) is 1.32. The number of nitrogens with one attached hydrogen (secondary N) is 1. The summed E-state index contributed by atoms with van der Waals surface area (Å²) in [6.07, 6.45) is 0. The van der Waals surface area contributed by atoms with Gasteiger partial charge in [0.25, 0.3) is 0 Å². The highest BCUT2D eigenvalue weighted by molar-refractivity contribution is 5.30. The summed E-state index contributed by atoms with van der Waals surface area (Å²) >= 11 is 0. The Kier molecular flexibility index (Phi) is 3.61. The number of nitriles is 1. The van der Waals surface area contributed by atoms with E-state index in [4.69, 9.17) is 5.26 Å². The third-order valence-electron chi connectivity index (χ3n) is 2.07. The summed E-state index contributed by atoms with van der Waals surface area (Å²) in [6.45, 7) is 4.23. The van der Waals surface area contributed by atoms with Crippen LogP contribution in [0.25, 0.3) is 0 Å². The van der Waals surface area contributed by atoms with Crippen molar-refractivity contribution in [2.75, 3.05) is 6.54 Å². The molecule has 1 aromatic rings. The van der Waals surface area contributed by atoms with E-state index in [2.05, 4.69) is 5.32 Å². The molecule has 0 spiro atoms. The average molecular weight is 192 g/mol. The van der Waals surface area contributed by atoms with Crippen LogP contribution in [0.1, 0.15) is 24.1 Å². The van der Waals surface area contributed by atoms with Crippen molar-refractivity contribution >= 4 is 0 Å². The fourth-order valence-electron chi connectivity index (χ4n) is 1.32. The molecule has 0 bridgehead atoms. The topological polar surface area (TPSA) is 35.8 Å². The smallest absolute Gasteiger partial charge is 0.131 e. The second-order valence-electron chi connectivity index (χ2n) is 3.10. The Labute approximate surface area is 83.4 Å². The first kappa shape index (κ1) is 10.7. The predicted octanol–water partition coefficient (Wildman–Crippen LogP) is 2.31. The van der Waals surface area contributed by atoms with Gasteiger partial charge in [-0.25, -0.2) is 4.39 Å². The summed E-state index contributed by atoms with van der Waals surface area (Å²) in [5.41, 5.74) is 0.995. The summed E-state index contributed by atoms with van der Waals surface area (Å²) in [5.74, 6) is -0.292. The third kappa shape index (κ3) is 2.09. The van der Waals surface area contributed by atoms with Crippen LogP contribution in [0.15, 0.2) is 18.2 Å². The number of hydrogen-bond donors (Lipinski definition) is 1. The van der Waals surface area contributed by atoms with Crippen LogP contribution in [-0.2, 0) is 0 Å². The van der Waals surface area contributed by atoms with E-state index in [1.54, 1.807) is 25.1 Å². The maximum atomic E-state index is 13.6. The molecule has 0 aromatic heterocycles. The van der Waals surface area contributed by atoms with Gasteiger partial charge in [0.05, 0.1) is 6.07 Å². The zero-order chi connectivity index (χ0) is 10.6. The minimum absolute atomic E-state index is 0.292. The molecule has 0 aliphatic heterocycles. The molecular weight excluding hydrogens is 179 g/mol. The normalized spacial score (nSPS) is 12.1. The Morgan fingerprint density at radius 1 is 1.57 bits per heavy atom. The quantitative estimate of drug-likeness (QED) is 0.797. The molecule has 1 aromatic carbocycles. The molecular formula is C11H13FN2. The minimum Gasteiger partial charge on any atom is -0.298 e. The number of benzene rings is 1. The Morgan fingerprint density at radius 2 is 2.29 bits per heavy atom. The molecule has 3 heteroatoms. The highest BCUT2D eigenvalue weighted by Gasteiger charge is 2.14. The van der Waals surface area contributed by atoms with Crippen LogP contribution in [0.3, 0.4) is 0 Å². The Balaban J connectivity index is 3.05. The van der Waals surface area contributed by atoms with Gasteiger partial charge in [0.2, 0.25) is 0 Å². The van der Waals surface area contributed by atoms with Crippen LogP contribution >= 0.6 is 0 Å². The zero-order valence-corrected chi connectivity index (χ0v) is 8.34. The van der Waals surface area contributed by atoms with Crippen molar-refractivity contribution in [3.63, 3.8) is 0 Å². The molecule has 14 heavy (non-hydrogen) atoms. The summed E-state index contributed by atoms with van der Waals surface area (Å²) in [6, 6.07) is 6.57. The van der Waals surface area contributed by atoms with Crippen LogP contribution in [0.5, 0.6) is 0 Å². The molecule has 0 saturated carbocycles. The molecule has 0 fully saturated rings. The van der Waals surface area contributed by atoms with Gasteiger partial charge in [0.1, 0.15) is 11.9 Å². The van der Waals surface area contributed by atoms with Crippen LogP contribution in [0, 0.1) is 24.1 Å². The van der Waals surface area contributed by atoms with E-state index in [0.29, 0.717) is 17.7 Å². The van der Waals surface area contributed by atoms with Crippen molar-refractivity contribution < 1.29 is 4.39 Å². The monoisotopic (exact) mass is 192 g/mol. The molecule has 0 radical (unpaired) electrons. The standard InChI is InChI=1S/C11H13FN2/c1-3-14-10(7-13)9-6-4-5-8(2)11(9)12/h4-6,10,14H,3H2,1-2H3. The fraction of sp³-hybridized carbons (Fsp3) is 0.364. The first-order valence-electron chi connectivity index (χ1n) is 4.58. The van der Waals surface area contributed by atoms with Crippen molar-refractivity contribution in [2.45, 2.75) is 19.9 Å². The number of aryl methyl sites for hydroxylation is 1. The molecule has 1 atom stereocenters. The van der Waals surface area contributed by atoms with Gasteiger partial charge in [0.15, 0.2) is 0 Å². The third-order valence-corrected chi connectivity index (χ3v) is 2.07. The molecule has 2 nitrogen and oxygen atoms in total. The molecule has 1 N–H and O–H groups in total. The molecule has 0 heterocycles. The zero-order valence-electron chi connectivity index (χ0n) is 8.34. The Bertz CT molecular complexity index is 355. The van der Waals surface area contributed by atoms with Crippen molar-refractivity contribution in [3.8, 4) is 6.07 Å². The van der Waals surface area contributed by atoms with E-state index >= 15 is 0 Å². The number of rotatable bonds is 3. The second kappa shape index (κ2) is 4.73. The van der Waals surface area contributed by atoms with Gasteiger partial charge in [-0.2, -0.15) is 5.26 Å². The summed E-state index contributed by atoms with van der Waals surface area (Å²) in [4.78, 5) is 0. The van der Waals surface area contributed by atoms with Crippen LogP contribution in [-0.4, -0.2) is 6.54 Å². The lowest BCUT2D eigenvalue weighted by molar-refractivity contribution is 0.565. The van der Waals surface area contributed by atoms with Crippen molar-refractivity contribution in [3.05, 3.63) is 35.1 Å². The van der Waals surface area contributed by atoms with Gasteiger partial charge >= 0.3 is 0 Å². The lowest BCUT2D eigenvalue weighted by Crippen LogP contribution is -2.20. The number of halogens is 1. The summed E-state index contributed by atoms with van der Waals surface area (Å²) in [5, 5.41) is 11.8.